The second-order valence-electron chi connectivity index (χ2n) is 2.56. The summed E-state index contributed by atoms with van der Waals surface area (Å²) in [6.45, 7) is 0. The van der Waals surface area contributed by atoms with E-state index in [9.17, 15) is 8.42 Å². The molecule has 0 amide bonds. The van der Waals surface area contributed by atoms with E-state index in [1.165, 1.54) is 12.1 Å². The van der Waals surface area contributed by atoms with Crippen molar-refractivity contribution in [2.24, 2.45) is 4.40 Å². The lowest BCUT2D eigenvalue weighted by Crippen LogP contribution is -2.06. The van der Waals surface area contributed by atoms with Crippen LogP contribution in [0, 0.1) is 0 Å². The van der Waals surface area contributed by atoms with E-state index in [0.717, 1.165) is 6.21 Å². The van der Waals surface area contributed by atoms with Crippen molar-refractivity contribution in [3.63, 3.8) is 0 Å². The third kappa shape index (κ3) is 4.51. The number of hydrogen-bond acceptors (Lipinski definition) is 2. The molecule has 0 spiro atoms. The first-order chi connectivity index (χ1) is 6.81. The fourth-order valence-electron chi connectivity index (χ4n) is 0.782. The highest BCUT2D eigenvalue weighted by atomic mass is 79.9. The monoisotopic (exact) mass is 329 g/mol. The largest absolute Gasteiger partial charge is 0.282 e. The Labute approximate surface area is 106 Å². The zero-order valence-electron chi connectivity index (χ0n) is 7.27. The van der Waals surface area contributed by atoms with Gasteiger partial charge in [0.25, 0.3) is 10.0 Å². The van der Waals surface area contributed by atoms with Crippen molar-refractivity contribution in [2.45, 2.75) is 8.14 Å². The first-order valence-corrected chi connectivity index (χ1v) is 6.73. The fraction of sp³-hybridized carbons (Fsp3) is 0.125. The molecule has 15 heavy (non-hydrogen) atoms. The number of rotatable bonds is 3. The highest BCUT2D eigenvalue weighted by Crippen LogP contribution is 2.26. The topological polar surface area (TPSA) is 46.5 Å². The molecule has 1 rings (SSSR count). The van der Waals surface area contributed by atoms with Crippen LogP contribution in [-0.2, 0) is 10.0 Å². The van der Waals surface area contributed by atoms with Crippen molar-refractivity contribution in [3.8, 4) is 0 Å². The lowest BCUT2D eigenvalue weighted by Gasteiger charge is -2.02. The van der Waals surface area contributed by atoms with Crippen molar-refractivity contribution >= 4 is 55.4 Å². The molecule has 0 N–H and O–H groups in total. The van der Waals surface area contributed by atoms with Gasteiger partial charge >= 0.3 is 0 Å². The van der Waals surface area contributed by atoms with Gasteiger partial charge in [0.2, 0.25) is 3.24 Å². The maximum Gasteiger partial charge on any atom is 0.282 e. The van der Waals surface area contributed by atoms with Crippen LogP contribution >= 0.6 is 39.1 Å². The molecule has 3 nitrogen and oxygen atoms in total. The molecule has 0 atom stereocenters. The molecule has 82 valence electrons. The summed E-state index contributed by atoms with van der Waals surface area (Å²) in [6, 6.07) is 7.78. The van der Waals surface area contributed by atoms with Gasteiger partial charge in [0.05, 0.1) is 11.1 Å². The van der Waals surface area contributed by atoms with Crippen LogP contribution in [-0.4, -0.2) is 17.9 Å². The normalized spacial score (nSPS) is 13.3. The predicted molar refractivity (Wildman–Crippen MR) is 65.5 cm³/mol. The molecule has 7 heteroatoms. The zero-order valence-corrected chi connectivity index (χ0v) is 11.2. The molecule has 0 saturated heterocycles. The number of hydrogen-bond donors (Lipinski definition) is 0. The van der Waals surface area contributed by atoms with E-state index >= 15 is 0 Å². The molecule has 0 aromatic heterocycles. The zero-order chi connectivity index (χ0) is 11.5. The van der Waals surface area contributed by atoms with Gasteiger partial charge in [-0.05, 0) is 28.1 Å². The van der Waals surface area contributed by atoms with Gasteiger partial charge in [0, 0.05) is 0 Å². The van der Waals surface area contributed by atoms with Crippen LogP contribution in [0.4, 0.5) is 0 Å². The average Bonchev–Trinajstić information content (AvgIpc) is 2.16. The van der Waals surface area contributed by atoms with Gasteiger partial charge in [0.15, 0.2) is 0 Å². The van der Waals surface area contributed by atoms with Crippen molar-refractivity contribution in [3.05, 3.63) is 30.3 Å². The van der Waals surface area contributed by atoms with Gasteiger partial charge in [-0.25, -0.2) is 0 Å². The van der Waals surface area contributed by atoms with Crippen molar-refractivity contribution in [2.75, 3.05) is 0 Å². The Morgan fingerprint density at radius 1 is 1.27 bits per heavy atom. The smallest absolute Gasteiger partial charge is 0.199 e. The van der Waals surface area contributed by atoms with E-state index < -0.39 is 13.3 Å². The Hall–Kier alpha value is -0.100. The van der Waals surface area contributed by atoms with E-state index in [1.807, 2.05) is 0 Å². The Balaban J connectivity index is 3.01. The van der Waals surface area contributed by atoms with E-state index in [2.05, 4.69) is 20.3 Å². The number of benzene rings is 1. The fourth-order valence-corrected chi connectivity index (χ4v) is 2.15. The van der Waals surface area contributed by atoms with Crippen LogP contribution in [0.25, 0.3) is 0 Å². The van der Waals surface area contributed by atoms with Gasteiger partial charge in [-0.1, -0.05) is 41.4 Å². The minimum Gasteiger partial charge on any atom is -0.199 e. The van der Waals surface area contributed by atoms with E-state index in [1.54, 1.807) is 18.2 Å². The second-order valence-corrected chi connectivity index (χ2v) is 7.75. The van der Waals surface area contributed by atoms with Crippen LogP contribution < -0.4 is 0 Å². The van der Waals surface area contributed by atoms with Crippen LogP contribution in [0.2, 0.25) is 0 Å². The number of sulfonamides is 1. The van der Waals surface area contributed by atoms with Crippen molar-refractivity contribution < 1.29 is 8.42 Å². The summed E-state index contributed by atoms with van der Waals surface area (Å²) < 4.78 is 24.9. The number of alkyl halides is 3. The summed E-state index contributed by atoms with van der Waals surface area (Å²) in [5.74, 6) is 0. The van der Waals surface area contributed by atoms with Gasteiger partial charge in [0.1, 0.15) is 0 Å². The Morgan fingerprint density at radius 3 is 2.27 bits per heavy atom. The summed E-state index contributed by atoms with van der Waals surface area (Å²) in [5, 5.41) is 0. The molecule has 0 saturated carbocycles. The second kappa shape index (κ2) is 4.82. The third-order valence-electron chi connectivity index (χ3n) is 1.38. The minimum absolute atomic E-state index is 0.0892. The first kappa shape index (κ1) is 13.0. The SMILES string of the molecule is O=S(=O)(N=CC(Cl)(Cl)Br)c1ccccc1. The molecule has 1 aromatic rings. The summed E-state index contributed by atoms with van der Waals surface area (Å²) in [4.78, 5) is 0.0892. The molecule has 0 bridgehead atoms. The number of halogens is 3. The summed E-state index contributed by atoms with van der Waals surface area (Å²) in [5.41, 5.74) is 0. The molecule has 0 radical (unpaired) electrons. The molecule has 0 aliphatic rings. The molecule has 1 aromatic carbocycles. The van der Waals surface area contributed by atoms with Crippen LogP contribution in [0.1, 0.15) is 0 Å². The van der Waals surface area contributed by atoms with Crippen LogP contribution in [0.5, 0.6) is 0 Å². The molecule has 0 heterocycles. The van der Waals surface area contributed by atoms with E-state index in [0.29, 0.717) is 0 Å². The Bertz CT molecular complexity index is 453. The quantitative estimate of drug-likeness (QED) is 0.631. The van der Waals surface area contributed by atoms with Gasteiger partial charge in [-0.15, -0.1) is 0 Å². The van der Waals surface area contributed by atoms with Gasteiger partial charge in [-0.3, -0.25) is 0 Å². The highest BCUT2D eigenvalue weighted by molar-refractivity contribution is 9.11. The maximum atomic E-state index is 11.5. The molecule has 0 unspecified atom stereocenters. The van der Waals surface area contributed by atoms with E-state index in [-0.39, 0.29) is 4.90 Å². The first-order valence-electron chi connectivity index (χ1n) is 3.74. The van der Waals surface area contributed by atoms with Gasteiger partial charge in [-0.2, -0.15) is 12.8 Å². The Kier molecular flexibility index (Phi) is 4.17. The molecule has 0 fully saturated rings. The lowest BCUT2D eigenvalue weighted by molar-refractivity contribution is 0.598. The van der Waals surface area contributed by atoms with Gasteiger partial charge < -0.3 is 0 Å². The van der Waals surface area contributed by atoms with Crippen molar-refractivity contribution in [1.82, 2.24) is 0 Å². The standard InChI is InChI=1S/C8H6BrCl2NO2S/c9-8(10,11)6-12-15(13,14)7-4-2-1-3-5-7/h1-6H. The van der Waals surface area contributed by atoms with Crippen molar-refractivity contribution in [1.29, 1.82) is 0 Å². The average molecular weight is 331 g/mol. The molecular weight excluding hydrogens is 325 g/mol. The van der Waals surface area contributed by atoms with Crippen LogP contribution in [0.3, 0.4) is 0 Å². The summed E-state index contributed by atoms with van der Waals surface area (Å²) in [6.07, 6.45) is 0.901. The number of nitrogens with zero attached hydrogens (tertiary/aromatic N) is 1. The predicted octanol–water partition coefficient (Wildman–Crippen LogP) is 2.97. The molecule has 0 aliphatic carbocycles. The summed E-state index contributed by atoms with van der Waals surface area (Å²) in [7, 11) is -3.72. The Morgan fingerprint density at radius 2 is 1.80 bits per heavy atom. The van der Waals surface area contributed by atoms with Crippen LogP contribution in [0.15, 0.2) is 39.6 Å². The maximum absolute atomic E-state index is 11.5. The molecular formula is C8H6BrCl2NO2S. The minimum atomic E-state index is -3.72. The lowest BCUT2D eigenvalue weighted by atomic mass is 10.4. The third-order valence-corrected chi connectivity index (χ3v) is 3.03. The molecule has 0 aliphatic heterocycles. The highest BCUT2D eigenvalue weighted by Gasteiger charge is 2.18. The van der Waals surface area contributed by atoms with E-state index in [4.69, 9.17) is 23.2 Å². The summed E-state index contributed by atoms with van der Waals surface area (Å²) >= 11 is 13.8.